The first-order valence-corrected chi connectivity index (χ1v) is 11.8. The van der Waals surface area contributed by atoms with Crippen molar-refractivity contribution in [3.05, 3.63) is 129 Å². The third kappa shape index (κ3) is 5.60. The molecule has 0 atom stereocenters. The Morgan fingerprint density at radius 2 is 1.78 bits per heavy atom. The highest BCUT2D eigenvalue weighted by molar-refractivity contribution is 6.32. The number of non-ortho nitro benzene ring substituents is 1. The van der Waals surface area contributed by atoms with E-state index in [0.29, 0.717) is 23.7 Å². The maximum Gasteiger partial charge on any atom is 0.271 e. The number of nitrogens with one attached hydrogen (secondary N) is 1. The topological polar surface area (TPSA) is 99.3 Å². The van der Waals surface area contributed by atoms with E-state index in [1.54, 1.807) is 35.0 Å². The molecule has 5 aromatic rings. The Labute approximate surface area is 217 Å². The number of nitro groups is 1. The first-order valence-electron chi connectivity index (χ1n) is 11.4. The summed E-state index contributed by atoms with van der Waals surface area (Å²) >= 11 is 6.07. The fraction of sp³-hybridized carbons (Fsp3) is 0.0714. The van der Waals surface area contributed by atoms with Gasteiger partial charge in [0, 0.05) is 30.0 Å². The van der Waals surface area contributed by atoms with Crippen LogP contribution in [0.1, 0.15) is 21.5 Å². The van der Waals surface area contributed by atoms with Gasteiger partial charge in [0.1, 0.15) is 12.4 Å². The summed E-state index contributed by atoms with van der Waals surface area (Å²) in [6, 6.07) is 27.1. The molecular formula is C28H21ClN4O4. The predicted molar refractivity (Wildman–Crippen MR) is 142 cm³/mol. The summed E-state index contributed by atoms with van der Waals surface area (Å²) in [7, 11) is 0. The van der Waals surface area contributed by atoms with Crippen LogP contribution in [0.2, 0.25) is 5.02 Å². The first-order chi connectivity index (χ1) is 18.0. The van der Waals surface area contributed by atoms with E-state index in [-0.39, 0.29) is 23.2 Å². The van der Waals surface area contributed by atoms with Crippen LogP contribution in [0.3, 0.4) is 0 Å². The monoisotopic (exact) mass is 512 g/mol. The Morgan fingerprint density at radius 1 is 1.00 bits per heavy atom. The normalized spacial score (nSPS) is 10.8. The van der Waals surface area contributed by atoms with Crippen molar-refractivity contribution in [3.8, 4) is 5.75 Å². The number of nitrogens with zero attached hydrogens (tertiary/aromatic N) is 3. The van der Waals surface area contributed by atoms with E-state index in [4.69, 9.17) is 16.3 Å². The molecule has 37 heavy (non-hydrogen) atoms. The zero-order chi connectivity index (χ0) is 25.8. The summed E-state index contributed by atoms with van der Waals surface area (Å²) in [4.78, 5) is 23.0. The number of carbonyl (C=O) groups is 1. The molecule has 0 bridgehead atoms. The van der Waals surface area contributed by atoms with E-state index < -0.39 is 4.92 Å². The van der Waals surface area contributed by atoms with Gasteiger partial charge in [0.05, 0.1) is 16.5 Å². The second-order valence-electron chi connectivity index (χ2n) is 8.35. The van der Waals surface area contributed by atoms with Crippen molar-refractivity contribution in [2.75, 3.05) is 5.32 Å². The smallest absolute Gasteiger partial charge is 0.271 e. The number of fused-ring (bicyclic) bond motifs is 1. The lowest BCUT2D eigenvalue weighted by molar-refractivity contribution is -0.384. The molecule has 1 aromatic heterocycles. The van der Waals surface area contributed by atoms with Crippen LogP contribution >= 0.6 is 11.6 Å². The molecule has 0 aliphatic rings. The van der Waals surface area contributed by atoms with E-state index in [1.807, 2.05) is 24.4 Å². The number of hydrogen-bond acceptors (Lipinski definition) is 5. The lowest BCUT2D eigenvalue weighted by Crippen LogP contribution is -2.13. The highest BCUT2D eigenvalue weighted by Crippen LogP contribution is 2.29. The van der Waals surface area contributed by atoms with Gasteiger partial charge in [-0.25, -0.2) is 0 Å². The zero-order valence-corrected chi connectivity index (χ0v) is 20.3. The molecule has 0 fully saturated rings. The number of halogens is 1. The third-order valence-corrected chi connectivity index (χ3v) is 6.13. The maximum atomic E-state index is 12.7. The van der Waals surface area contributed by atoms with Crippen molar-refractivity contribution < 1.29 is 14.5 Å². The molecule has 1 heterocycles. The molecule has 0 saturated carbocycles. The van der Waals surface area contributed by atoms with Crippen LogP contribution in [0.25, 0.3) is 10.8 Å². The molecule has 0 unspecified atom stereocenters. The van der Waals surface area contributed by atoms with Gasteiger partial charge in [-0.2, -0.15) is 5.10 Å². The fourth-order valence-corrected chi connectivity index (χ4v) is 4.17. The maximum absolute atomic E-state index is 12.7. The van der Waals surface area contributed by atoms with E-state index in [2.05, 4.69) is 34.7 Å². The molecule has 5 rings (SSSR count). The zero-order valence-electron chi connectivity index (χ0n) is 19.5. The van der Waals surface area contributed by atoms with Crippen molar-refractivity contribution in [1.29, 1.82) is 0 Å². The van der Waals surface area contributed by atoms with Gasteiger partial charge >= 0.3 is 0 Å². The lowest BCUT2D eigenvalue weighted by Gasteiger charge is -2.09. The highest BCUT2D eigenvalue weighted by Gasteiger charge is 2.12. The van der Waals surface area contributed by atoms with E-state index in [1.165, 1.54) is 29.0 Å². The quantitative estimate of drug-likeness (QED) is 0.189. The molecule has 1 amide bonds. The SMILES string of the molecule is O=C(Nc1ccn(Cc2cccc3ccccc23)n1)c1ccc(COc2ccc([N+](=O)[O-])cc2Cl)cc1. The number of benzene rings is 4. The number of hydrogen-bond donors (Lipinski definition) is 1. The molecule has 0 saturated heterocycles. The Hall–Kier alpha value is -4.69. The van der Waals surface area contributed by atoms with Crippen LogP contribution in [-0.4, -0.2) is 20.6 Å². The molecule has 0 aliphatic carbocycles. The van der Waals surface area contributed by atoms with Crippen LogP contribution in [0.4, 0.5) is 11.5 Å². The fourth-order valence-electron chi connectivity index (χ4n) is 3.94. The molecule has 0 spiro atoms. The molecule has 1 N–H and O–H groups in total. The molecule has 9 heteroatoms. The second kappa shape index (κ2) is 10.5. The largest absolute Gasteiger partial charge is 0.487 e. The van der Waals surface area contributed by atoms with Crippen molar-refractivity contribution in [2.45, 2.75) is 13.2 Å². The number of nitro benzene ring substituents is 1. The average Bonchev–Trinajstić information content (AvgIpc) is 3.35. The van der Waals surface area contributed by atoms with Crippen molar-refractivity contribution >= 4 is 39.8 Å². The standard InChI is InChI=1S/C28H21ClN4O4/c29-25-16-23(33(35)36)12-13-26(25)37-18-19-8-10-21(11-9-19)28(34)30-27-14-15-32(31-27)17-22-6-3-5-20-4-1-2-7-24(20)22/h1-16H,17-18H2,(H,30,31,34). The van der Waals surface area contributed by atoms with Crippen LogP contribution < -0.4 is 10.1 Å². The number of anilines is 1. The van der Waals surface area contributed by atoms with Gasteiger partial charge in [0.15, 0.2) is 5.82 Å². The molecule has 0 radical (unpaired) electrons. The summed E-state index contributed by atoms with van der Waals surface area (Å²) in [6.07, 6.45) is 1.83. The highest BCUT2D eigenvalue weighted by atomic mass is 35.5. The van der Waals surface area contributed by atoms with E-state index in [0.717, 1.165) is 11.1 Å². The molecule has 0 aliphatic heterocycles. The minimum Gasteiger partial charge on any atom is -0.487 e. The molecule has 8 nitrogen and oxygen atoms in total. The first kappa shape index (κ1) is 24.0. The Kier molecular flexibility index (Phi) is 6.83. The molecular weight excluding hydrogens is 492 g/mol. The Bertz CT molecular complexity index is 1590. The summed E-state index contributed by atoms with van der Waals surface area (Å²) in [5.41, 5.74) is 2.32. The minimum absolute atomic E-state index is 0.105. The Morgan fingerprint density at radius 3 is 2.57 bits per heavy atom. The van der Waals surface area contributed by atoms with E-state index in [9.17, 15) is 14.9 Å². The second-order valence-corrected chi connectivity index (χ2v) is 8.76. The predicted octanol–water partition coefficient (Wildman–Crippen LogP) is 6.48. The number of amides is 1. The number of carbonyl (C=O) groups excluding carboxylic acids is 1. The summed E-state index contributed by atoms with van der Waals surface area (Å²) in [6.45, 7) is 0.780. The van der Waals surface area contributed by atoms with Gasteiger partial charge in [-0.3, -0.25) is 19.6 Å². The van der Waals surface area contributed by atoms with Crippen molar-refractivity contribution in [3.63, 3.8) is 0 Å². The van der Waals surface area contributed by atoms with Crippen molar-refractivity contribution in [1.82, 2.24) is 9.78 Å². The van der Waals surface area contributed by atoms with Crippen LogP contribution in [0.5, 0.6) is 5.75 Å². The van der Waals surface area contributed by atoms with Gasteiger partial charge < -0.3 is 10.1 Å². The van der Waals surface area contributed by atoms with Crippen LogP contribution in [0.15, 0.2) is 97.2 Å². The van der Waals surface area contributed by atoms with E-state index >= 15 is 0 Å². The van der Waals surface area contributed by atoms with Gasteiger partial charge in [-0.1, -0.05) is 66.2 Å². The lowest BCUT2D eigenvalue weighted by atomic mass is 10.0. The van der Waals surface area contributed by atoms with Crippen LogP contribution in [-0.2, 0) is 13.2 Å². The number of rotatable bonds is 8. The average molecular weight is 513 g/mol. The Balaban J connectivity index is 1.19. The molecule has 184 valence electrons. The van der Waals surface area contributed by atoms with Gasteiger partial charge in [-0.15, -0.1) is 0 Å². The van der Waals surface area contributed by atoms with Gasteiger partial charge in [-0.05, 0) is 40.1 Å². The molecule has 4 aromatic carbocycles. The summed E-state index contributed by atoms with van der Waals surface area (Å²) in [5.74, 6) is 0.528. The van der Waals surface area contributed by atoms with Crippen molar-refractivity contribution in [2.24, 2.45) is 0 Å². The van der Waals surface area contributed by atoms with Crippen LogP contribution in [0, 0.1) is 10.1 Å². The van der Waals surface area contributed by atoms with Gasteiger partial charge in [0.2, 0.25) is 0 Å². The van der Waals surface area contributed by atoms with Gasteiger partial charge in [0.25, 0.3) is 11.6 Å². The summed E-state index contributed by atoms with van der Waals surface area (Å²) < 4.78 is 7.46. The third-order valence-electron chi connectivity index (χ3n) is 5.83. The summed E-state index contributed by atoms with van der Waals surface area (Å²) in [5, 5.41) is 20.7. The number of ether oxygens (including phenoxy) is 1. The number of aromatic nitrogens is 2. The minimum atomic E-state index is -0.519.